The van der Waals surface area contributed by atoms with E-state index in [9.17, 15) is 4.79 Å². The smallest absolute Gasteiger partial charge is 0.220 e. The van der Waals surface area contributed by atoms with E-state index in [1.165, 1.54) is 25.7 Å². The summed E-state index contributed by atoms with van der Waals surface area (Å²) in [5.41, 5.74) is 0.986. The standard InChI is InChI=1S/C19H20N2O2S/c22-18(11-13-5-1-2-6-13)20-12-14-9-10-16(23-14)19-21-15-7-3-4-8-17(15)24-19/h3-4,7-10,13H,1-2,5-6,11-12H2,(H,20,22). The number of furan rings is 1. The molecule has 0 saturated heterocycles. The third-order valence-corrected chi connectivity index (χ3v) is 5.63. The van der Waals surface area contributed by atoms with Crippen LogP contribution < -0.4 is 5.32 Å². The molecule has 1 aromatic carbocycles. The van der Waals surface area contributed by atoms with Gasteiger partial charge in [0.2, 0.25) is 5.91 Å². The Morgan fingerprint density at radius 2 is 2.04 bits per heavy atom. The average Bonchev–Trinajstić information content (AvgIpc) is 3.32. The van der Waals surface area contributed by atoms with Gasteiger partial charge in [0.1, 0.15) is 5.76 Å². The Kier molecular flexibility index (Phi) is 4.34. The first-order valence-corrected chi connectivity index (χ1v) is 9.31. The number of carbonyl (C=O) groups excluding carboxylic acids is 1. The van der Waals surface area contributed by atoms with Crippen LogP contribution in [-0.2, 0) is 11.3 Å². The number of aromatic nitrogens is 1. The third kappa shape index (κ3) is 3.36. The molecule has 1 amide bonds. The average molecular weight is 340 g/mol. The molecule has 2 aromatic heterocycles. The fourth-order valence-corrected chi connectivity index (χ4v) is 4.23. The number of carbonyl (C=O) groups is 1. The van der Waals surface area contributed by atoms with E-state index in [0.29, 0.717) is 18.9 Å². The fraction of sp³-hybridized carbons (Fsp3) is 0.368. The van der Waals surface area contributed by atoms with Crippen LogP contribution in [-0.4, -0.2) is 10.9 Å². The minimum absolute atomic E-state index is 0.125. The van der Waals surface area contributed by atoms with Gasteiger partial charge in [-0.2, -0.15) is 0 Å². The van der Waals surface area contributed by atoms with Crippen LogP contribution in [0.5, 0.6) is 0 Å². The number of hydrogen-bond acceptors (Lipinski definition) is 4. The van der Waals surface area contributed by atoms with Crippen molar-refractivity contribution in [3.63, 3.8) is 0 Å². The highest BCUT2D eigenvalue weighted by Gasteiger charge is 2.18. The molecule has 0 unspecified atom stereocenters. The minimum Gasteiger partial charge on any atom is -0.457 e. The molecule has 1 fully saturated rings. The number of amides is 1. The van der Waals surface area contributed by atoms with E-state index >= 15 is 0 Å². The highest BCUT2D eigenvalue weighted by molar-refractivity contribution is 7.21. The number of fused-ring (bicyclic) bond motifs is 1. The van der Waals surface area contributed by atoms with E-state index in [2.05, 4.69) is 16.4 Å². The lowest BCUT2D eigenvalue weighted by Gasteiger charge is -2.08. The molecule has 2 heterocycles. The monoisotopic (exact) mass is 340 g/mol. The molecule has 124 valence electrons. The molecule has 1 aliphatic carbocycles. The zero-order valence-corrected chi connectivity index (χ0v) is 14.3. The second-order valence-corrected chi connectivity index (χ2v) is 7.41. The highest BCUT2D eigenvalue weighted by atomic mass is 32.1. The summed E-state index contributed by atoms with van der Waals surface area (Å²) in [6.45, 7) is 0.441. The second-order valence-electron chi connectivity index (χ2n) is 6.38. The van der Waals surface area contributed by atoms with Gasteiger partial charge in [0.25, 0.3) is 0 Å². The molecule has 4 nitrogen and oxygen atoms in total. The predicted octanol–water partition coefficient (Wildman–Crippen LogP) is 4.75. The van der Waals surface area contributed by atoms with Crippen LogP contribution in [0.15, 0.2) is 40.8 Å². The van der Waals surface area contributed by atoms with E-state index in [1.54, 1.807) is 11.3 Å². The molecule has 1 saturated carbocycles. The zero-order chi connectivity index (χ0) is 16.4. The molecule has 3 aromatic rings. The molecule has 1 N–H and O–H groups in total. The van der Waals surface area contributed by atoms with Crippen molar-refractivity contribution < 1.29 is 9.21 Å². The molecule has 1 aliphatic rings. The van der Waals surface area contributed by atoms with Gasteiger partial charge in [-0.05, 0) is 43.0 Å². The lowest BCUT2D eigenvalue weighted by atomic mass is 10.0. The molecule has 0 radical (unpaired) electrons. The molecular weight excluding hydrogens is 320 g/mol. The van der Waals surface area contributed by atoms with Crippen LogP contribution in [0, 0.1) is 5.92 Å². The van der Waals surface area contributed by atoms with Crippen molar-refractivity contribution in [2.24, 2.45) is 5.92 Å². The summed E-state index contributed by atoms with van der Waals surface area (Å²) < 4.78 is 7.00. The predicted molar refractivity (Wildman–Crippen MR) is 95.7 cm³/mol. The summed E-state index contributed by atoms with van der Waals surface area (Å²) >= 11 is 1.62. The first-order chi connectivity index (χ1) is 11.8. The Morgan fingerprint density at radius 3 is 2.88 bits per heavy atom. The number of hydrogen-bond donors (Lipinski definition) is 1. The first-order valence-electron chi connectivity index (χ1n) is 8.49. The topological polar surface area (TPSA) is 55.1 Å². The van der Waals surface area contributed by atoms with Crippen LogP contribution in [0.25, 0.3) is 21.0 Å². The van der Waals surface area contributed by atoms with E-state index < -0.39 is 0 Å². The Morgan fingerprint density at radius 1 is 1.21 bits per heavy atom. The lowest BCUT2D eigenvalue weighted by molar-refractivity contribution is -0.122. The molecule has 5 heteroatoms. The lowest BCUT2D eigenvalue weighted by Crippen LogP contribution is -2.24. The van der Waals surface area contributed by atoms with Gasteiger partial charge in [-0.1, -0.05) is 25.0 Å². The van der Waals surface area contributed by atoms with E-state index in [0.717, 1.165) is 26.7 Å². The number of para-hydroxylation sites is 1. The molecular formula is C19H20N2O2S. The van der Waals surface area contributed by atoms with Crippen molar-refractivity contribution in [1.82, 2.24) is 10.3 Å². The second kappa shape index (κ2) is 6.77. The molecule has 0 spiro atoms. The van der Waals surface area contributed by atoms with Gasteiger partial charge in [-0.25, -0.2) is 4.98 Å². The van der Waals surface area contributed by atoms with Crippen LogP contribution in [0.4, 0.5) is 0 Å². The molecule has 0 atom stereocenters. The first kappa shape index (κ1) is 15.4. The summed E-state index contributed by atoms with van der Waals surface area (Å²) in [5, 5.41) is 3.84. The normalized spacial score (nSPS) is 15.2. The zero-order valence-electron chi connectivity index (χ0n) is 13.5. The number of nitrogens with zero attached hydrogens (tertiary/aromatic N) is 1. The van der Waals surface area contributed by atoms with E-state index in [1.807, 2.05) is 30.3 Å². The molecule has 0 bridgehead atoms. The summed E-state index contributed by atoms with van der Waals surface area (Å²) in [5.74, 6) is 2.22. The number of nitrogens with one attached hydrogen (secondary N) is 1. The maximum absolute atomic E-state index is 12.0. The van der Waals surface area contributed by atoms with Crippen molar-refractivity contribution in [1.29, 1.82) is 0 Å². The van der Waals surface area contributed by atoms with Crippen molar-refractivity contribution in [2.75, 3.05) is 0 Å². The van der Waals surface area contributed by atoms with Gasteiger partial charge in [0, 0.05) is 6.42 Å². The quantitative estimate of drug-likeness (QED) is 0.729. The van der Waals surface area contributed by atoms with Gasteiger partial charge in [-0.3, -0.25) is 4.79 Å². The Labute approximate surface area is 144 Å². The molecule has 4 rings (SSSR count). The van der Waals surface area contributed by atoms with Crippen LogP contribution in [0.1, 0.15) is 37.9 Å². The number of rotatable bonds is 5. The molecule has 0 aliphatic heterocycles. The van der Waals surface area contributed by atoms with Crippen LogP contribution >= 0.6 is 11.3 Å². The summed E-state index contributed by atoms with van der Waals surface area (Å²) in [6, 6.07) is 11.9. The van der Waals surface area contributed by atoms with Crippen LogP contribution in [0.3, 0.4) is 0 Å². The summed E-state index contributed by atoms with van der Waals surface area (Å²) in [7, 11) is 0. The van der Waals surface area contributed by atoms with E-state index in [-0.39, 0.29) is 5.91 Å². The third-order valence-electron chi connectivity index (χ3n) is 4.57. The summed E-state index contributed by atoms with van der Waals surface area (Å²) in [4.78, 5) is 16.6. The maximum atomic E-state index is 12.0. The van der Waals surface area contributed by atoms with Crippen molar-refractivity contribution in [3.05, 3.63) is 42.2 Å². The highest BCUT2D eigenvalue weighted by Crippen LogP contribution is 2.31. The van der Waals surface area contributed by atoms with Crippen molar-refractivity contribution in [2.45, 2.75) is 38.6 Å². The maximum Gasteiger partial charge on any atom is 0.220 e. The van der Waals surface area contributed by atoms with Gasteiger partial charge in [0.15, 0.2) is 10.8 Å². The van der Waals surface area contributed by atoms with Crippen LogP contribution in [0.2, 0.25) is 0 Å². The Balaban J connectivity index is 1.38. The van der Waals surface area contributed by atoms with Gasteiger partial charge in [-0.15, -0.1) is 11.3 Å². The Bertz CT molecular complexity index is 813. The number of thiazole rings is 1. The van der Waals surface area contributed by atoms with Crippen molar-refractivity contribution in [3.8, 4) is 10.8 Å². The summed E-state index contributed by atoms with van der Waals surface area (Å²) in [6.07, 6.45) is 5.56. The van der Waals surface area contributed by atoms with Gasteiger partial charge < -0.3 is 9.73 Å². The Hall–Kier alpha value is -2.14. The van der Waals surface area contributed by atoms with Crippen molar-refractivity contribution >= 4 is 27.5 Å². The number of benzene rings is 1. The largest absolute Gasteiger partial charge is 0.457 e. The minimum atomic E-state index is 0.125. The van der Waals surface area contributed by atoms with Gasteiger partial charge in [0.05, 0.1) is 16.8 Å². The molecule has 24 heavy (non-hydrogen) atoms. The fourth-order valence-electron chi connectivity index (χ4n) is 3.30. The van der Waals surface area contributed by atoms with E-state index in [4.69, 9.17) is 4.42 Å². The van der Waals surface area contributed by atoms with Gasteiger partial charge >= 0.3 is 0 Å². The SMILES string of the molecule is O=C(CC1CCCC1)NCc1ccc(-c2nc3ccccc3s2)o1.